The first kappa shape index (κ1) is 18.7. The van der Waals surface area contributed by atoms with Gasteiger partial charge in [0.2, 0.25) is 0 Å². The van der Waals surface area contributed by atoms with E-state index in [1.807, 2.05) is 86.6 Å². The highest BCUT2D eigenvalue weighted by molar-refractivity contribution is 5.96. The number of nitrogens with one attached hydrogen (secondary N) is 1. The number of pyridine rings is 1. The fourth-order valence-corrected chi connectivity index (χ4v) is 3.28. The van der Waals surface area contributed by atoms with Crippen LogP contribution >= 0.6 is 0 Å². The van der Waals surface area contributed by atoms with Gasteiger partial charge in [-0.15, -0.1) is 0 Å². The molecular formula is C25H22N2O2. The molecule has 144 valence electrons. The summed E-state index contributed by atoms with van der Waals surface area (Å²) in [5, 5.41) is 3.92. The van der Waals surface area contributed by atoms with Gasteiger partial charge in [0.05, 0.1) is 5.52 Å². The number of rotatable bonds is 5. The van der Waals surface area contributed by atoms with Crippen LogP contribution in [-0.4, -0.2) is 10.9 Å². The minimum absolute atomic E-state index is 0.119. The molecule has 4 heteroatoms. The van der Waals surface area contributed by atoms with Crippen LogP contribution in [0.4, 0.5) is 0 Å². The van der Waals surface area contributed by atoms with Gasteiger partial charge in [0, 0.05) is 29.3 Å². The van der Waals surface area contributed by atoms with E-state index in [4.69, 9.17) is 4.74 Å². The fourth-order valence-electron chi connectivity index (χ4n) is 3.28. The molecule has 1 N–H and O–H groups in total. The molecule has 0 fully saturated rings. The van der Waals surface area contributed by atoms with E-state index in [-0.39, 0.29) is 5.91 Å². The minimum Gasteiger partial charge on any atom is -0.456 e. The van der Waals surface area contributed by atoms with Crippen LogP contribution in [0.1, 0.15) is 27.0 Å². The Hall–Kier alpha value is -3.66. The van der Waals surface area contributed by atoms with Crippen molar-refractivity contribution in [2.75, 3.05) is 0 Å². The molecule has 0 aliphatic rings. The monoisotopic (exact) mass is 382 g/mol. The van der Waals surface area contributed by atoms with Gasteiger partial charge in [-0.25, -0.2) is 0 Å². The quantitative estimate of drug-likeness (QED) is 0.491. The maximum absolute atomic E-state index is 12.7. The number of benzene rings is 3. The van der Waals surface area contributed by atoms with Gasteiger partial charge < -0.3 is 10.1 Å². The number of nitrogens with zero attached hydrogens (tertiary/aromatic N) is 1. The van der Waals surface area contributed by atoms with Crippen molar-refractivity contribution in [3.05, 3.63) is 101 Å². The molecule has 4 nitrogen and oxygen atoms in total. The zero-order chi connectivity index (χ0) is 20.2. The fraction of sp³-hybridized carbons (Fsp3) is 0.120. The van der Waals surface area contributed by atoms with Crippen molar-refractivity contribution in [3.8, 4) is 11.5 Å². The van der Waals surface area contributed by atoms with Crippen molar-refractivity contribution in [3.63, 3.8) is 0 Å². The van der Waals surface area contributed by atoms with Crippen LogP contribution in [0, 0.1) is 13.8 Å². The summed E-state index contributed by atoms with van der Waals surface area (Å²) in [6, 6.07) is 23.3. The Morgan fingerprint density at radius 1 is 0.931 bits per heavy atom. The molecule has 0 aliphatic carbocycles. The number of amides is 1. The van der Waals surface area contributed by atoms with Gasteiger partial charge >= 0.3 is 0 Å². The Labute approximate surface area is 170 Å². The highest BCUT2D eigenvalue weighted by Gasteiger charge is 2.14. The maximum Gasteiger partial charge on any atom is 0.251 e. The van der Waals surface area contributed by atoms with Crippen molar-refractivity contribution < 1.29 is 9.53 Å². The van der Waals surface area contributed by atoms with Crippen LogP contribution < -0.4 is 10.1 Å². The molecule has 0 aliphatic heterocycles. The molecule has 1 heterocycles. The van der Waals surface area contributed by atoms with Gasteiger partial charge in [0.25, 0.3) is 5.91 Å². The summed E-state index contributed by atoms with van der Waals surface area (Å²) in [5.74, 6) is 1.26. The molecule has 0 atom stereocenters. The Morgan fingerprint density at radius 3 is 2.59 bits per heavy atom. The Balaban J connectivity index is 1.58. The second-order valence-corrected chi connectivity index (χ2v) is 7.03. The molecule has 3 aromatic carbocycles. The molecule has 0 bridgehead atoms. The summed E-state index contributed by atoms with van der Waals surface area (Å²) in [6.07, 6.45) is 1.74. The number of fused-ring (bicyclic) bond motifs is 1. The summed E-state index contributed by atoms with van der Waals surface area (Å²) in [7, 11) is 0. The van der Waals surface area contributed by atoms with E-state index < -0.39 is 0 Å². The zero-order valence-electron chi connectivity index (χ0n) is 16.5. The predicted molar refractivity (Wildman–Crippen MR) is 115 cm³/mol. The molecule has 4 aromatic rings. The van der Waals surface area contributed by atoms with Crippen LogP contribution in [0.5, 0.6) is 11.5 Å². The van der Waals surface area contributed by atoms with Gasteiger partial charge in [-0.2, -0.15) is 0 Å². The molecule has 0 unspecified atom stereocenters. The zero-order valence-corrected chi connectivity index (χ0v) is 16.5. The molecule has 0 saturated heterocycles. The SMILES string of the molecule is Cc1ccc2c(Oc3cccc(C(=O)NCc4ccccc4)c3C)ccnc2c1. The first-order valence-electron chi connectivity index (χ1n) is 9.57. The maximum atomic E-state index is 12.7. The van der Waals surface area contributed by atoms with E-state index in [0.717, 1.165) is 33.3 Å². The lowest BCUT2D eigenvalue weighted by atomic mass is 10.1. The first-order valence-corrected chi connectivity index (χ1v) is 9.57. The molecule has 1 amide bonds. The van der Waals surface area contributed by atoms with Gasteiger partial charge in [-0.3, -0.25) is 9.78 Å². The highest BCUT2D eigenvalue weighted by Crippen LogP contribution is 2.32. The number of aryl methyl sites for hydroxylation is 1. The van der Waals surface area contributed by atoms with E-state index in [1.54, 1.807) is 6.20 Å². The van der Waals surface area contributed by atoms with E-state index in [1.165, 1.54) is 0 Å². The third-order valence-corrected chi connectivity index (χ3v) is 4.90. The van der Waals surface area contributed by atoms with Crippen molar-refractivity contribution in [1.29, 1.82) is 0 Å². The number of ether oxygens (including phenoxy) is 1. The van der Waals surface area contributed by atoms with Crippen molar-refractivity contribution in [1.82, 2.24) is 10.3 Å². The van der Waals surface area contributed by atoms with Crippen LogP contribution in [0.3, 0.4) is 0 Å². The predicted octanol–water partition coefficient (Wildman–Crippen LogP) is 5.57. The second-order valence-electron chi connectivity index (χ2n) is 7.03. The molecular weight excluding hydrogens is 360 g/mol. The third-order valence-electron chi connectivity index (χ3n) is 4.90. The topological polar surface area (TPSA) is 51.2 Å². The van der Waals surface area contributed by atoms with E-state index in [2.05, 4.69) is 10.3 Å². The number of carbonyl (C=O) groups is 1. The van der Waals surface area contributed by atoms with Gasteiger partial charge in [0.1, 0.15) is 11.5 Å². The van der Waals surface area contributed by atoms with Gasteiger partial charge in [-0.1, -0.05) is 42.5 Å². The molecule has 4 rings (SSSR count). The first-order chi connectivity index (χ1) is 14.1. The lowest BCUT2D eigenvalue weighted by Gasteiger charge is -2.14. The van der Waals surface area contributed by atoms with Crippen LogP contribution in [0.2, 0.25) is 0 Å². The average Bonchev–Trinajstić information content (AvgIpc) is 2.74. The average molecular weight is 382 g/mol. The second kappa shape index (κ2) is 8.15. The largest absolute Gasteiger partial charge is 0.456 e. The Kier molecular flexibility index (Phi) is 5.25. The summed E-state index contributed by atoms with van der Waals surface area (Å²) >= 11 is 0. The number of aromatic nitrogens is 1. The van der Waals surface area contributed by atoms with E-state index in [0.29, 0.717) is 17.9 Å². The summed E-state index contributed by atoms with van der Waals surface area (Å²) in [4.78, 5) is 17.1. The third kappa shape index (κ3) is 4.11. The van der Waals surface area contributed by atoms with Gasteiger partial charge in [-0.05, 0) is 55.3 Å². The Morgan fingerprint density at radius 2 is 1.76 bits per heavy atom. The number of hydrogen-bond acceptors (Lipinski definition) is 3. The normalized spacial score (nSPS) is 10.7. The summed E-state index contributed by atoms with van der Waals surface area (Å²) in [6.45, 7) is 4.43. The summed E-state index contributed by atoms with van der Waals surface area (Å²) in [5.41, 5.74) is 4.50. The van der Waals surface area contributed by atoms with E-state index in [9.17, 15) is 4.79 Å². The molecule has 1 aromatic heterocycles. The highest BCUT2D eigenvalue weighted by atomic mass is 16.5. The smallest absolute Gasteiger partial charge is 0.251 e. The van der Waals surface area contributed by atoms with Gasteiger partial charge in [0.15, 0.2) is 0 Å². The van der Waals surface area contributed by atoms with Crippen LogP contribution in [-0.2, 0) is 6.54 Å². The van der Waals surface area contributed by atoms with Crippen LogP contribution in [0.25, 0.3) is 10.9 Å². The Bertz CT molecular complexity index is 1170. The van der Waals surface area contributed by atoms with E-state index >= 15 is 0 Å². The molecule has 0 saturated carbocycles. The molecule has 29 heavy (non-hydrogen) atoms. The number of hydrogen-bond donors (Lipinski definition) is 1. The lowest BCUT2D eigenvalue weighted by molar-refractivity contribution is 0.0950. The van der Waals surface area contributed by atoms with Crippen LogP contribution in [0.15, 0.2) is 79.0 Å². The number of carbonyl (C=O) groups excluding carboxylic acids is 1. The van der Waals surface area contributed by atoms with Crippen molar-refractivity contribution in [2.45, 2.75) is 20.4 Å². The minimum atomic E-state index is -0.119. The molecule has 0 radical (unpaired) electrons. The van der Waals surface area contributed by atoms with Crippen molar-refractivity contribution in [2.24, 2.45) is 0 Å². The molecule has 0 spiro atoms. The standard InChI is InChI=1S/C25H22N2O2/c1-17-11-12-21-22(15-17)26-14-13-24(21)29-23-10-6-9-20(18(23)2)25(28)27-16-19-7-4-3-5-8-19/h3-15H,16H2,1-2H3,(H,27,28). The van der Waals surface area contributed by atoms with Crippen molar-refractivity contribution >= 4 is 16.8 Å². The summed E-state index contributed by atoms with van der Waals surface area (Å²) < 4.78 is 6.20. The lowest BCUT2D eigenvalue weighted by Crippen LogP contribution is -2.23.